The van der Waals surface area contributed by atoms with Gasteiger partial charge < -0.3 is 19.9 Å². The van der Waals surface area contributed by atoms with Crippen molar-refractivity contribution in [1.82, 2.24) is 15.1 Å². The van der Waals surface area contributed by atoms with E-state index in [1.165, 1.54) is 0 Å². The first-order valence-electron chi connectivity index (χ1n) is 8.81. The van der Waals surface area contributed by atoms with Gasteiger partial charge in [0, 0.05) is 59.4 Å². The Morgan fingerprint density at radius 1 is 1.35 bits per heavy atom. The quantitative estimate of drug-likeness (QED) is 0.390. The number of nitrogens with zero attached hydrogens (tertiary/aromatic N) is 3. The number of ether oxygens (including phenoxy) is 1. The minimum absolute atomic E-state index is 0. The minimum atomic E-state index is 0. The van der Waals surface area contributed by atoms with Crippen LogP contribution in [0.1, 0.15) is 22.3 Å². The second kappa shape index (κ2) is 11.4. The number of benzene rings is 1. The monoisotopic (exact) mass is 474 g/mol. The molecule has 0 radical (unpaired) electrons. The van der Waals surface area contributed by atoms with E-state index < -0.39 is 0 Å². The highest BCUT2D eigenvalue weighted by Gasteiger charge is 2.19. The van der Waals surface area contributed by atoms with Gasteiger partial charge >= 0.3 is 0 Å². The van der Waals surface area contributed by atoms with Crippen LogP contribution in [0.25, 0.3) is 0 Å². The minimum Gasteiger partial charge on any atom is -0.381 e. The number of amides is 1. The predicted molar refractivity (Wildman–Crippen MR) is 116 cm³/mol. The van der Waals surface area contributed by atoms with Crippen molar-refractivity contribution in [2.75, 3.05) is 54.5 Å². The van der Waals surface area contributed by atoms with E-state index in [1.807, 2.05) is 18.2 Å². The van der Waals surface area contributed by atoms with Crippen LogP contribution in [0.15, 0.2) is 29.3 Å². The summed E-state index contributed by atoms with van der Waals surface area (Å²) >= 11 is 0. The molecular weight excluding hydrogens is 443 g/mol. The normalized spacial score (nSPS) is 16.8. The lowest BCUT2D eigenvalue weighted by Gasteiger charge is -2.24. The summed E-state index contributed by atoms with van der Waals surface area (Å²) in [6, 6.07) is 7.81. The second-order valence-electron chi connectivity index (χ2n) is 6.73. The molecule has 6 nitrogen and oxygen atoms in total. The van der Waals surface area contributed by atoms with Crippen LogP contribution in [-0.2, 0) is 11.2 Å². The van der Waals surface area contributed by atoms with Gasteiger partial charge in [-0.1, -0.05) is 12.1 Å². The summed E-state index contributed by atoms with van der Waals surface area (Å²) in [5.41, 5.74) is 1.87. The predicted octanol–water partition coefficient (Wildman–Crippen LogP) is 2.09. The van der Waals surface area contributed by atoms with E-state index in [9.17, 15) is 4.79 Å². The fourth-order valence-corrected chi connectivity index (χ4v) is 3.02. The smallest absolute Gasteiger partial charge is 0.253 e. The molecule has 1 aromatic carbocycles. The van der Waals surface area contributed by atoms with Crippen LogP contribution in [-0.4, -0.2) is 76.2 Å². The van der Waals surface area contributed by atoms with Crippen molar-refractivity contribution in [3.8, 4) is 0 Å². The highest BCUT2D eigenvalue weighted by Crippen LogP contribution is 2.13. The second-order valence-corrected chi connectivity index (χ2v) is 6.73. The van der Waals surface area contributed by atoms with Crippen LogP contribution in [0.3, 0.4) is 0 Å². The number of rotatable bonds is 6. The molecule has 1 amide bonds. The molecule has 0 spiro atoms. The molecule has 0 bridgehead atoms. The van der Waals surface area contributed by atoms with Gasteiger partial charge in [-0.3, -0.25) is 9.79 Å². The molecule has 0 aromatic heterocycles. The summed E-state index contributed by atoms with van der Waals surface area (Å²) in [6.07, 6.45) is 1.96. The van der Waals surface area contributed by atoms with Crippen LogP contribution in [0.5, 0.6) is 0 Å². The van der Waals surface area contributed by atoms with Gasteiger partial charge in [0.2, 0.25) is 0 Å². The number of halogens is 1. The first-order chi connectivity index (χ1) is 12.0. The molecule has 7 heteroatoms. The number of nitrogens with one attached hydrogen (secondary N) is 1. The lowest BCUT2D eigenvalue weighted by Crippen LogP contribution is -2.42. The molecule has 1 aromatic rings. The average Bonchev–Trinajstić information content (AvgIpc) is 3.11. The molecule has 1 heterocycles. The van der Waals surface area contributed by atoms with E-state index in [0.29, 0.717) is 5.92 Å². The lowest BCUT2D eigenvalue weighted by atomic mass is 10.1. The van der Waals surface area contributed by atoms with Crippen molar-refractivity contribution in [3.63, 3.8) is 0 Å². The van der Waals surface area contributed by atoms with Crippen molar-refractivity contribution in [1.29, 1.82) is 0 Å². The van der Waals surface area contributed by atoms with Crippen LogP contribution in [0.2, 0.25) is 0 Å². The Balaban J connectivity index is 0.00000338. The fourth-order valence-electron chi connectivity index (χ4n) is 3.02. The number of guanidine groups is 1. The SMILES string of the molecule is CN=C(NCCc1cccc(C(=O)N(C)C)c1)N(C)CC1CCOC1.I. The molecule has 0 aliphatic carbocycles. The average molecular weight is 474 g/mol. The molecule has 26 heavy (non-hydrogen) atoms. The first-order valence-corrected chi connectivity index (χ1v) is 8.81. The van der Waals surface area contributed by atoms with Gasteiger partial charge in [-0.2, -0.15) is 0 Å². The largest absolute Gasteiger partial charge is 0.381 e. The third-order valence-electron chi connectivity index (χ3n) is 4.41. The number of aliphatic imine (C=N–C) groups is 1. The maximum Gasteiger partial charge on any atom is 0.253 e. The van der Waals surface area contributed by atoms with Gasteiger partial charge in [-0.15, -0.1) is 24.0 Å². The maximum absolute atomic E-state index is 12.1. The Morgan fingerprint density at radius 3 is 2.73 bits per heavy atom. The van der Waals surface area contributed by atoms with E-state index in [4.69, 9.17) is 4.74 Å². The van der Waals surface area contributed by atoms with Crippen molar-refractivity contribution in [3.05, 3.63) is 35.4 Å². The van der Waals surface area contributed by atoms with Crippen molar-refractivity contribution in [2.45, 2.75) is 12.8 Å². The number of hydrogen-bond donors (Lipinski definition) is 1. The number of carbonyl (C=O) groups excluding carboxylic acids is 1. The number of carbonyl (C=O) groups is 1. The molecule has 1 N–H and O–H groups in total. The lowest BCUT2D eigenvalue weighted by molar-refractivity contribution is 0.0827. The van der Waals surface area contributed by atoms with Crippen molar-refractivity contribution >= 4 is 35.8 Å². The van der Waals surface area contributed by atoms with E-state index in [-0.39, 0.29) is 29.9 Å². The van der Waals surface area contributed by atoms with E-state index in [1.54, 1.807) is 26.0 Å². The Morgan fingerprint density at radius 2 is 2.12 bits per heavy atom. The molecule has 0 saturated carbocycles. The molecule has 146 valence electrons. The maximum atomic E-state index is 12.1. The van der Waals surface area contributed by atoms with Gasteiger partial charge in [-0.05, 0) is 30.5 Å². The molecule has 1 saturated heterocycles. The zero-order valence-corrected chi connectivity index (χ0v) is 18.5. The molecule has 1 atom stereocenters. The summed E-state index contributed by atoms with van der Waals surface area (Å²) in [5, 5.41) is 3.40. The van der Waals surface area contributed by atoms with Crippen molar-refractivity contribution in [2.24, 2.45) is 10.9 Å². The first kappa shape index (κ1) is 22.7. The summed E-state index contributed by atoms with van der Waals surface area (Å²) < 4.78 is 5.44. The summed E-state index contributed by atoms with van der Waals surface area (Å²) in [4.78, 5) is 20.2. The van der Waals surface area contributed by atoms with Gasteiger partial charge in [0.05, 0.1) is 6.61 Å². The topological polar surface area (TPSA) is 57.2 Å². The number of hydrogen-bond acceptors (Lipinski definition) is 3. The van der Waals surface area contributed by atoms with E-state index in [2.05, 4.69) is 28.3 Å². The van der Waals surface area contributed by atoms with Crippen LogP contribution >= 0.6 is 24.0 Å². The Kier molecular flexibility index (Phi) is 9.93. The standard InChI is InChI=1S/C19H30N4O2.HI/c1-20-19(23(4)13-16-9-11-25-14-16)21-10-8-15-6-5-7-17(12-15)18(24)22(2)3;/h5-7,12,16H,8-11,13-14H2,1-4H3,(H,20,21);1H. The molecule has 2 rings (SSSR count). The van der Waals surface area contributed by atoms with Gasteiger partial charge in [0.25, 0.3) is 5.91 Å². The summed E-state index contributed by atoms with van der Waals surface area (Å²) in [6.45, 7) is 3.44. The Hall–Kier alpha value is -1.35. The van der Waals surface area contributed by atoms with E-state index >= 15 is 0 Å². The zero-order valence-electron chi connectivity index (χ0n) is 16.2. The van der Waals surface area contributed by atoms with Crippen molar-refractivity contribution < 1.29 is 9.53 Å². The van der Waals surface area contributed by atoms with Gasteiger partial charge in [0.1, 0.15) is 0 Å². The third-order valence-corrected chi connectivity index (χ3v) is 4.41. The van der Waals surface area contributed by atoms with Gasteiger partial charge in [-0.25, -0.2) is 0 Å². The molecule has 1 aliphatic heterocycles. The Labute approximate surface area is 174 Å². The van der Waals surface area contributed by atoms with Crippen LogP contribution in [0.4, 0.5) is 0 Å². The molecule has 1 fully saturated rings. The van der Waals surface area contributed by atoms with Gasteiger partial charge in [0.15, 0.2) is 5.96 Å². The fraction of sp³-hybridized carbons (Fsp3) is 0.579. The molecule has 1 unspecified atom stereocenters. The molecular formula is C19H31IN4O2. The van der Waals surface area contributed by atoms with E-state index in [0.717, 1.165) is 56.2 Å². The summed E-state index contributed by atoms with van der Waals surface area (Å²) in [7, 11) is 7.40. The highest BCUT2D eigenvalue weighted by molar-refractivity contribution is 14.0. The molecule has 1 aliphatic rings. The van der Waals surface area contributed by atoms with Crippen LogP contribution < -0.4 is 5.32 Å². The third kappa shape index (κ3) is 6.75. The van der Waals surface area contributed by atoms with Crippen LogP contribution in [0, 0.1) is 5.92 Å². The highest BCUT2D eigenvalue weighted by atomic mass is 127. The summed E-state index contributed by atoms with van der Waals surface area (Å²) in [5.74, 6) is 1.51. The Bertz CT molecular complexity index is 601. The zero-order chi connectivity index (χ0) is 18.2.